The van der Waals surface area contributed by atoms with E-state index in [1.165, 1.54) is 11.8 Å². The molecule has 1 N–H and O–H groups in total. The number of amides is 1. The summed E-state index contributed by atoms with van der Waals surface area (Å²) in [5.74, 6) is -1.19. The van der Waals surface area contributed by atoms with Crippen LogP contribution < -0.4 is 5.32 Å². The SMILES string of the molecule is O=C(Nc1cc([N+](=O)[O-])ccc1F)[C@@H](Sc1ccccc1)c1ccccc1. The van der Waals surface area contributed by atoms with Gasteiger partial charge in [0.15, 0.2) is 0 Å². The van der Waals surface area contributed by atoms with Crippen molar-refractivity contribution in [3.8, 4) is 0 Å². The fourth-order valence-corrected chi connectivity index (χ4v) is 3.50. The van der Waals surface area contributed by atoms with Gasteiger partial charge in [-0.05, 0) is 23.8 Å². The molecule has 3 rings (SSSR count). The molecule has 0 aliphatic heterocycles. The molecule has 0 radical (unpaired) electrons. The van der Waals surface area contributed by atoms with Gasteiger partial charge in [-0.1, -0.05) is 48.5 Å². The lowest BCUT2D eigenvalue weighted by molar-refractivity contribution is -0.384. The van der Waals surface area contributed by atoms with Gasteiger partial charge >= 0.3 is 0 Å². The molecule has 5 nitrogen and oxygen atoms in total. The Morgan fingerprint density at radius 2 is 1.63 bits per heavy atom. The Balaban J connectivity index is 1.89. The van der Waals surface area contributed by atoms with Crippen molar-refractivity contribution < 1.29 is 14.1 Å². The molecule has 0 saturated heterocycles. The van der Waals surface area contributed by atoms with E-state index in [4.69, 9.17) is 0 Å². The number of carbonyl (C=O) groups excluding carboxylic acids is 1. The number of nitrogens with zero attached hydrogens (tertiary/aromatic N) is 1. The zero-order valence-electron chi connectivity index (χ0n) is 14.0. The number of hydrogen-bond acceptors (Lipinski definition) is 4. The van der Waals surface area contributed by atoms with Crippen molar-refractivity contribution in [2.24, 2.45) is 0 Å². The Kier molecular flexibility index (Phi) is 5.83. The summed E-state index contributed by atoms with van der Waals surface area (Å²) in [7, 11) is 0. The van der Waals surface area contributed by atoms with Crippen molar-refractivity contribution >= 4 is 29.0 Å². The van der Waals surface area contributed by atoms with Gasteiger partial charge < -0.3 is 5.32 Å². The van der Waals surface area contributed by atoms with Crippen LogP contribution in [0.25, 0.3) is 0 Å². The summed E-state index contributed by atoms with van der Waals surface area (Å²) in [6, 6.07) is 21.5. The van der Waals surface area contributed by atoms with E-state index in [1.54, 1.807) is 0 Å². The Morgan fingerprint density at radius 1 is 1.00 bits per heavy atom. The molecule has 0 bridgehead atoms. The van der Waals surface area contributed by atoms with Gasteiger partial charge in [0.25, 0.3) is 5.69 Å². The molecule has 7 heteroatoms. The van der Waals surface area contributed by atoms with Gasteiger partial charge in [0.05, 0.1) is 10.6 Å². The Morgan fingerprint density at radius 3 is 2.26 bits per heavy atom. The van der Waals surface area contributed by atoms with Gasteiger partial charge in [0, 0.05) is 17.0 Å². The molecule has 0 heterocycles. The molecule has 0 aliphatic carbocycles. The number of hydrogen-bond donors (Lipinski definition) is 1. The Hall–Kier alpha value is -3.19. The Labute approximate surface area is 159 Å². The van der Waals surface area contributed by atoms with Gasteiger partial charge in [-0.2, -0.15) is 0 Å². The molecule has 27 heavy (non-hydrogen) atoms. The van der Waals surface area contributed by atoms with Crippen molar-refractivity contribution in [1.82, 2.24) is 0 Å². The fourth-order valence-electron chi connectivity index (χ4n) is 2.46. The second-order valence-electron chi connectivity index (χ2n) is 5.63. The van der Waals surface area contributed by atoms with E-state index in [0.717, 1.165) is 28.7 Å². The number of rotatable bonds is 6. The van der Waals surface area contributed by atoms with Crippen molar-refractivity contribution in [3.05, 3.63) is 100 Å². The number of carbonyl (C=O) groups is 1. The van der Waals surface area contributed by atoms with Crippen molar-refractivity contribution in [3.63, 3.8) is 0 Å². The summed E-state index contributed by atoms with van der Waals surface area (Å²) in [4.78, 5) is 24.0. The lowest BCUT2D eigenvalue weighted by atomic mass is 10.1. The van der Waals surface area contributed by atoms with E-state index < -0.39 is 21.9 Å². The molecule has 0 spiro atoms. The first-order valence-electron chi connectivity index (χ1n) is 8.06. The van der Waals surface area contributed by atoms with E-state index in [0.29, 0.717) is 0 Å². The maximum atomic E-state index is 14.0. The zero-order chi connectivity index (χ0) is 19.2. The summed E-state index contributed by atoms with van der Waals surface area (Å²) >= 11 is 1.32. The van der Waals surface area contributed by atoms with Gasteiger partial charge in [-0.15, -0.1) is 11.8 Å². The van der Waals surface area contributed by atoms with Crippen molar-refractivity contribution in [1.29, 1.82) is 0 Å². The van der Waals surface area contributed by atoms with Gasteiger partial charge in [0.2, 0.25) is 5.91 Å². The first-order valence-corrected chi connectivity index (χ1v) is 8.94. The van der Waals surface area contributed by atoms with Crippen LogP contribution in [0.3, 0.4) is 0 Å². The largest absolute Gasteiger partial charge is 0.322 e. The minimum atomic E-state index is -0.731. The first-order chi connectivity index (χ1) is 13.0. The zero-order valence-corrected chi connectivity index (χ0v) is 14.9. The topological polar surface area (TPSA) is 72.2 Å². The van der Waals surface area contributed by atoms with Crippen LogP contribution in [0.5, 0.6) is 0 Å². The van der Waals surface area contributed by atoms with Crippen LogP contribution >= 0.6 is 11.8 Å². The fraction of sp³-hybridized carbons (Fsp3) is 0.0500. The van der Waals surface area contributed by atoms with Crippen LogP contribution in [-0.4, -0.2) is 10.8 Å². The van der Waals surface area contributed by atoms with E-state index in [9.17, 15) is 19.3 Å². The monoisotopic (exact) mass is 382 g/mol. The smallest absolute Gasteiger partial charge is 0.271 e. The maximum Gasteiger partial charge on any atom is 0.271 e. The summed E-state index contributed by atoms with van der Waals surface area (Å²) < 4.78 is 14.0. The number of nitrogens with one attached hydrogen (secondary N) is 1. The van der Waals surface area contributed by atoms with E-state index in [2.05, 4.69) is 5.32 Å². The van der Waals surface area contributed by atoms with Crippen LogP contribution in [-0.2, 0) is 4.79 Å². The van der Waals surface area contributed by atoms with Gasteiger partial charge in [-0.25, -0.2) is 4.39 Å². The van der Waals surface area contributed by atoms with E-state index in [1.807, 2.05) is 60.7 Å². The number of thioether (sulfide) groups is 1. The van der Waals surface area contributed by atoms with Crippen LogP contribution in [0.4, 0.5) is 15.8 Å². The highest BCUT2D eigenvalue weighted by molar-refractivity contribution is 8.00. The van der Waals surface area contributed by atoms with Crippen LogP contribution in [0.15, 0.2) is 83.8 Å². The number of anilines is 1. The average Bonchev–Trinajstić information content (AvgIpc) is 2.69. The minimum Gasteiger partial charge on any atom is -0.322 e. The third-order valence-electron chi connectivity index (χ3n) is 3.76. The maximum absolute atomic E-state index is 14.0. The normalized spacial score (nSPS) is 11.6. The van der Waals surface area contributed by atoms with Gasteiger partial charge in [-0.3, -0.25) is 14.9 Å². The lowest BCUT2D eigenvalue weighted by Gasteiger charge is -2.17. The van der Waals surface area contributed by atoms with Crippen molar-refractivity contribution in [2.75, 3.05) is 5.32 Å². The Bertz CT molecular complexity index is 952. The predicted octanol–water partition coefficient (Wildman–Crippen LogP) is 5.21. The number of non-ortho nitro benzene ring substituents is 1. The third kappa shape index (κ3) is 4.71. The molecule has 0 aliphatic rings. The summed E-state index contributed by atoms with van der Waals surface area (Å²) in [6.45, 7) is 0. The molecule has 136 valence electrons. The molecule has 1 amide bonds. The molecular weight excluding hydrogens is 367 g/mol. The molecule has 0 unspecified atom stereocenters. The van der Waals surface area contributed by atoms with Crippen LogP contribution in [0.2, 0.25) is 0 Å². The number of benzene rings is 3. The molecule has 3 aromatic carbocycles. The molecule has 3 aromatic rings. The van der Waals surface area contributed by atoms with Gasteiger partial charge in [0.1, 0.15) is 11.1 Å². The first kappa shape index (κ1) is 18.6. The minimum absolute atomic E-state index is 0.219. The highest BCUT2D eigenvalue weighted by Gasteiger charge is 2.23. The second kappa shape index (κ2) is 8.46. The quantitative estimate of drug-likeness (QED) is 0.361. The number of nitro groups is 1. The predicted molar refractivity (Wildman–Crippen MR) is 103 cm³/mol. The summed E-state index contributed by atoms with van der Waals surface area (Å²) in [5.41, 5.74) is 0.233. The average molecular weight is 382 g/mol. The lowest BCUT2D eigenvalue weighted by Crippen LogP contribution is -2.19. The molecular formula is C20H15FN2O3S. The molecule has 1 atom stereocenters. The van der Waals surface area contributed by atoms with E-state index in [-0.39, 0.29) is 11.4 Å². The summed E-state index contributed by atoms with van der Waals surface area (Å²) in [5, 5.41) is 12.8. The number of halogens is 1. The highest BCUT2D eigenvalue weighted by Crippen LogP contribution is 2.36. The van der Waals surface area contributed by atoms with Crippen LogP contribution in [0, 0.1) is 15.9 Å². The second-order valence-corrected chi connectivity index (χ2v) is 6.81. The van der Waals surface area contributed by atoms with Crippen LogP contribution in [0.1, 0.15) is 10.8 Å². The number of nitro benzene ring substituents is 1. The third-order valence-corrected chi connectivity index (χ3v) is 5.02. The van der Waals surface area contributed by atoms with E-state index >= 15 is 0 Å². The highest BCUT2D eigenvalue weighted by atomic mass is 32.2. The summed E-state index contributed by atoms with van der Waals surface area (Å²) in [6.07, 6.45) is 0. The molecule has 0 aromatic heterocycles. The van der Waals surface area contributed by atoms with Crippen molar-refractivity contribution in [2.45, 2.75) is 10.1 Å². The molecule has 0 saturated carbocycles. The standard InChI is InChI=1S/C20H15FN2O3S/c21-17-12-11-15(23(25)26)13-18(17)22-20(24)19(14-7-3-1-4-8-14)27-16-9-5-2-6-10-16/h1-13,19H,(H,22,24)/t19-/m0/s1. The molecule has 0 fully saturated rings.